The van der Waals surface area contributed by atoms with E-state index in [1.165, 1.54) is 29.1 Å². The zero-order chi connectivity index (χ0) is 24.6. The van der Waals surface area contributed by atoms with Gasteiger partial charge in [-0.05, 0) is 74.7 Å². The number of sulfonamides is 1. The quantitative estimate of drug-likeness (QED) is 0.520. The Hall–Kier alpha value is -2.58. The number of hydrogen-bond donors (Lipinski definition) is 1. The van der Waals surface area contributed by atoms with Crippen LogP contribution in [0.5, 0.6) is 5.75 Å². The van der Waals surface area contributed by atoms with Crippen molar-refractivity contribution >= 4 is 21.6 Å². The van der Waals surface area contributed by atoms with Crippen molar-refractivity contribution in [3.05, 3.63) is 59.7 Å². The fourth-order valence-electron chi connectivity index (χ4n) is 4.44. The molecule has 0 bridgehead atoms. The molecular formula is C26H37N3O4S. The summed E-state index contributed by atoms with van der Waals surface area (Å²) in [6, 6.07) is 14.2. The van der Waals surface area contributed by atoms with Gasteiger partial charge in [0, 0.05) is 13.1 Å². The zero-order valence-corrected chi connectivity index (χ0v) is 21.3. The van der Waals surface area contributed by atoms with E-state index in [0.717, 1.165) is 31.5 Å². The third-order valence-electron chi connectivity index (χ3n) is 6.04. The number of carbonyl (C=O) groups is 1. The number of amides is 1. The van der Waals surface area contributed by atoms with Crippen molar-refractivity contribution in [1.82, 2.24) is 10.2 Å². The van der Waals surface area contributed by atoms with Crippen LogP contribution in [0.3, 0.4) is 0 Å². The van der Waals surface area contributed by atoms with Crippen molar-refractivity contribution in [3.63, 3.8) is 0 Å². The number of ether oxygens (including phenoxy) is 1. The van der Waals surface area contributed by atoms with Crippen LogP contribution in [0.15, 0.2) is 48.5 Å². The van der Waals surface area contributed by atoms with Crippen molar-refractivity contribution in [2.75, 3.05) is 30.3 Å². The van der Waals surface area contributed by atoms with E-state index in [4.69, 9.17) is 4.74 Å². The Balaban J connectivity index is 1.69. The highest BCUT2D eigenvalue weighted by Crippen LogP contribution is 2.25. The van der Waals surface area contributed by atoms with Gasteiger partial charge >= 0.3 is 0 Å². The summed E-state index contributed by atoms with van der Waals surface area (Å²) in [5.41, 5.74) is 2.68. The van der Waals surface area contributed by atoms with Gasteiger partial charge in [-0.2, -0.15) is 0 Å². The smallest absolute Gasteiger partial charge is 0.244 e. The molecule has 1 heterocycles. The highest BCUT2D eigenvalue weighted by molar-refractivity contribution is 7.92. The molecule has 1 aliphatic heterocycles. The first kappa shape index (κ1) is 26.0. The number of nitrogens with zero attached hydrogens (tertiary/aromatic N) is 2. The Morgan fingerprint density at radius 2 is 1.74 bits per heavy atom. The number of piperidine rings is 1. The average molecular weight is 488 g/mol. The molecule has 186 valence electrons. The molecule has 8 heteroatoms. The van der Waals surface area contributed by atoms with E-state index in [1.807, 2.05) is 26.0 Å². The molecule has 1 atom stereocenters. The van der Waals surface area contributed by atoms with Crippen molar-refractivity contribution in [2.45, 2.75) is 58.7 Å². The zero-order valence-electron chi connectivity index (χ0n) is 20.5. The highest BCUT2D eigenvalue weighted by Gasteiger charge is 2.31. The van der Waals surface area contributed by atoms with E-state index >= 15 is 0 Å². The summed E-state index contributed by atoms with van der Waals surface area (Å²) in [4.78, 5) is 15.6. The van der Waals surface area contributed by atoms with Gasteiger partial charge in [-0.25, -0.2) is 8.42 Å². The first-order valence-corrected chi connectivity index (χ1v) is 14.0. The lowest BCUT2D eigenvalue weighted by Gasteiger charge is -2.30. The van der Waals surface area contributed by atoms with Gasteiger partial charge in [-0.15, -0.1) is 0 Å². The van der Waals surface area contributed by atoms with Gasteiger partial charge in [-0.1, -0.05) is 37.6 Å². The molecule has 34 heavy (non-hydrogen) atoms. The van der Waals surface area contributed by atoms with Crippen LogP contribution in [-0.2, 0) is 27.9 Å². The first-order chi connectivity index (χ1) is 16.3. The molecule has 1 N–H and O–H groups in total. The van der Waals surface area contributed by atoms with E-state index in [2.05, 4.69) is 22.3 Å². The number of likely N-dealkylation sites (tertiary alicyclic amines) is 1. The number of hydrogen-bond acceptors (Lipinski definition) is 5. The molecule has 0 aromatic heterocycles. The molecule has 3 rings (SSSR count). The summed E-state index contributed by atoms with van der Waals surface area (Å²) in [6.07, 6.45) is 5.28. The number of carbonyl (C=O) groups excluding carboxylic acids is 1. The van der Waals surface area contributed by atoms with Crippen molar-refractivity contribution in [3.8, 4) is 5.75 Å². The molecule has 0 spiro atoms. The second-order valence-electron chi connectivity index (χ2n) is 8.78. The van der Waals surface area contributed by atoms with Crippen LogP contribution in [-0.4, -0.2) is 51.2 Å². The van der Waals surface area contributed by atoms with E-state index < -0.39 is 16.1 Å². The minimum atomic E-state index is -3.68. The number of anilines is 1. The molecule has 1 fully saturated rings. The molecule has 0 saturated carbocycles. The summed E-state index contributed by atoms with van der Waals surface area (Å²) >= 11 is 0. The van der Waals surface area contributed by atoms with Gasteiger partial charge in [0.15, 0.2) is 0 Å². The Kier molecular flexibility index (Phi) is 9.36. The lowest BCUT2D eigenvalue weighted by molar-refractivity contribution is -0.122. The molecule has 1 amide bonds. The van der Waals surface area contributed by atoms with Gasteiger partial charge in [-0.3, -0.25) is 14.0 Å². The van der Waals surface area contributed by atoms with Crippen molar-refractivity contribution in [2.24, 2.45) is 0 Å². The largest absolute Gasteiger partial charge is 0.494 e. The second-order valence-corrected chi connectivity index (χ2v) is 10.6. The number of rotatable bonds is 11. The third-order valence-corrected chi connectivity index (χ3v) is 7.22. The Labute approximate surface area is 204 Å². The Morgan fingerprint density at radius 1 is 1.06 bits per heavy atom. The molecule has 2 aromatic rings. The first-order valence-electron chi connectivity index (χ1n) is 12.1. The fraction of sp³-hybridized carbons (Fsp3) is 0.500. The highest BCUT2D eigenvalue weighted by atomic mass is 32.2. The minimum absolute atomic E-state index is 0.316. The maximum absolute atomic E-state index is 13.1. The van der Waals surface area contributed by atoms with Gasteiger partial charge in [0.25, 0.3) is 0 Å². The molecule has 0 radical (unpaired) electrons. The molecule has 2 aromatic carbocycles. The van der Waals surface area contributed by atoms with Gasteiger partial charge in [0.2, 0.25) is 15.9 Å². The Bertz CT molecular complexity index is 1030. The number of nitrogens with one attached hydrogen (secondary N) is 1. The fourth-order valence-corrected chi connectivity index (χ4v) is 5.65. The molecule has 7 nitrogen and oxygen atoms in total. The van der Waals surface area contributed by atoms with Gasteiger partial charge < -0.3 is 10.1 Å². The summed E-state index contributed by atoms with van der Waals surface area (Å²) in [5.74, 6) is 0.338. The van der Waals surface area contributed by atoms with E-state index in [1.54, 1.807) is 24.3 Å². The maximum Gasteiger partial charge on any atom is 0.244 e. The topological polar surface area (TPSA) is 79.0 Å². The van der Waals surface area contributed by atoms with E-state index in [-0.39, 0.29) is 5.91 Å². The third kappa shape index (κ3) is 7.21. The van der Waals surface area contributed by atoms with Crippen LogP contribution in [0, 0.1) is 0 Å². The summed E-state index contributed by atoms with van der Waals surface area (Å²) in [5, 5.41) is 2.95. The molecule has 0 unspecified atom stereocenters. The van der Waals surface area contributed by atoms with E-state index in [0.29, 0.717) is 31.0 Å². The van der Waals surface area contributed by atoms with Gasteiger partial charge in [0.05, 0.1) is 18.6 Å². The lowest BCUT2D eigenvalue weighted by Crippen LogP contribution is -2.49. The number of benzene rings is 2. The van der Waals surface area contributed by atoms with Crippen LogP contribution in [0.25, 0.3) is 0 Å². The predicted octanol–water partition coefficient (Wildman–Crippen LogP) is 3.93. The molecular weight excluding hydrogens is 450 g/mol. The van der Waals surface area contributed by atoms with E-state index in [9.17, 15) is 13.2 Å². The normalized spacial score (nSPS) is 15.5. The standard InChI is InChI=1S/C26H37N3O4S/c1-4-25(29(34(3,31)32)23-12-14-24(15-13-23)33-5-2)26(30)27-19-21-10-9-11-22(18-21)20-28-16-7-6-8-17-28/h9-15,18,25H,4-8,16-17,19-20H2,1-3H3,(H,27,30)/t25-/m1/s1. The maximum atomic E-state index is 13.1. The van der Waals surface area contributed by atoms with Crippen LogP contribution >= 0.6 is 0 Å². The van der Waals surface area contributed by atoms with Crippen molar-refractivity contribution < 1.29 is 17.9 Å². The average Bonchev–Trinajstić information content (AvgIpc) is 2.82. The predicted molar refractivity (Wildman–Crippen MR) is 136 cm³/mol. The monoisotopic (exact) mass is 487 g/mol. The van der Waals surface area contributed by atoms with Crippen LogP contribution in [0.2, 0.25) is 0 Å². The Morgan fingerprint density at radius 3 is 2.35 bits per heavy atom. The van der Waals surface area contributed by atoms with Crippen LogP contribution < -0.4 is 14.4 Å². The van der Waals surface area contributed by atoms with Crippen LogP contribution in [0.4, 0.5) is 5.69 Å². The summed E-state index contributed by atoms with van der Waals surface area (Å²) in [6.45, 7) is 7.75. The molecule has 1 saturated heterocycles. The summed E-state index contributed by atoms with van der Waals surface area (Å²) in [7, 11) is -3.68. The summed E-state index contributed by atoms with van der Waals surface area (Å²) < 4.78 is 32.0. The molecule has 1 aliphatic rings. The second kappa shape index (κ2) is 12.2. The molecule has 0 aliphatic carbocycles. The SMILES string of the molecule is CCOc1ccc(N([C@H](CC)C(=O)NCc2cccc(CN3CCCCC3)c2)S(C)(=O)=O)cc1. The van der Waals surface area contributed by atoms with Crippen LogP contribution in [0.1, 0.15) is 50.7 Å². The van der Waals surface area contributed by atoms with Gasteiger partial charge in [0.1, 0.15) is 11.8 Å². The van der Waals surface area contributed by atoms with Crippen molar-refractivity contribution in [1.29, 1.82) is 0 Å². The minimum Gasteiger partial charge on any atom is -0.494 e. The lowest BCUT2D eigenvalue weighted by atomic mass is 10.1.